The van der Waals surface area contributed by atoms with Crippen molar-refractivity contribution in [2.24, 2.45) is 11.3 Å². The average Bonchev–Trinajstić information content (AvgIpc) is 2.40. The highest BCUT2D eigenvalue weighted by molar-refractivity contribution is 6.29. The number of hydrogen-bond acceptors (Lipinski definition) is 4. The minimum absolute atomic E-state index is 0.125. The summed E-state index contributed by atoms with van der Waals surface area (Å²) in [6, 6.07) is 3.33. The maximum Gasteiger partial charge on any atom is 0.251 e. The number of carbonyl (C=O) groups excluding carboxylic acids is 1. The molecular formula is C14H21ClN4O. The number of carbonyl (C=O) groups is 1. The Morgan fingerprint density at radius 1 is 1.45 bits per heavy atom. The summed E-state index contributed by atoms with van der Waals surface area (Å²) in [5.74, 6) is 5.56. The number of anilines is 1. The molecule has 20 heavy (non-hydrogen) atoms. The summed E-state index contributed by atoms with van der Waals surface area (Å²) in [5.41, 5.74) is 3.00. The van der Waals surface area contributed by atoms with E-state index in [1.807, 2.05) is 0 Å². The van der Waals surface area contributed by atoms with E-state index in [9.17, 15) is 4.79 Å². The van der Waals surface area contributed by atoms with Crippen LogP contribution in [0, 0.1) is 5.41 Å². The van der Waals surface area contributed by atoms with Crippen LogP contribution in [0.15, 0.2) is 12.1 Å². The summed E-state index contributed by atoms with van der Waals surface area (Å²) in [5, 5.41) is 3.35. The molecule has 0 aliphatic heterocycles. The molecule has 1 unspecified atom stereocenters. The predicted molar refractivity (Wildman–Crippen MR) is 80.6 cm³/mol. The van der Waals surface area contributed by atoms with Crippen molar-refractivity contribution in [2.45, 2.75) is 45.6 Å². The largest absolute Gasteiger partial charge is 0.349 e. The van der Waals surface area contributed by atoms with Crippen molar-refractivity contribution in [3.05, 3.63) is 22.8 Å². The van der Waals surface area contributed by atoms with E-state index in [2.05, 4.69) is 29.6 Å². The van der Waals surface area contributed by atoms with Gasteiger partial charge in [0, 0.05) is 11.6 Å². The van der Waals surface area contributed by atoms with E-state index in [1.165, 1.54) is 6.42 Å². The summed E-state index contributed by atoms with van der Waals surface area (Å²) in [4.78, 5) is 16.3. The third-order valence-electron chi connectivity index (χ3n) is 4.02. The van der Waals surface area contributed by atoms with Crippen molar-refractivity contribution in [3.8, 4) is 0 Å². The molecule has 0 bridgehead atoms. The van der Waals surface area contributed by atoms with Gasteiger partial charge in [-0.05, 0) is 30.4 Å². The van der Waals surface area contributed by atoms with Crippen LogP contribution in [0.4, 0.5) is 5.82 Å². The normalized spacial score (nSPS) is 21.3. The molecule has 1 heterocycles. The molecule has 1 fully saturated rings. The molecule has 0 aromatic carbocycles. The lowest BCUT2D eigenvalue weighted by atomic mass is 9.73. The molecule has 6 heteroatoms. The van der Waals surface area contributed by atoms with Gasteiger partial charge in [-0.25, -0.2) is 10.8 Å². The van der Waals surface area contributed by atoms with Crippen molar-refractivity contribution >= 4 is 23.3 Å². The summed E-state index contributed by atoms with van der Waals surface area (Å²) in [7, 11) is 0. The van der Waals surface area contributed by atoms with Crippen LogP contribution in [-0.2, 0) is 0 Å². The Morgan fingerprint density at radius 3 is 2.85 bits per heavy atom. The van der Waals surface area contributed by atoms with E-state index < -0.39 is 0 Å². The number of rotatable bonds is 3. The second-order valence-electron chi connectivity index (χ2n) is 5.97. The lowest BCUT2D eigenvalue weighted by Crippen LogP contribution is -2.46. The number of amides is 1. The van der Waals surface area contributed by atoms with Crippen molar-refractivity contribution in [1.82, 2.24) is 10.3 Å². The van der Waals surface area contributed by atoms with E-state index in [-0.39, 0.29) is 22.5 Å². The van der Waals surface area contributed by atoms with Gasteiger partial charge >= 0.3 is 0 Å². The number of nitrogens with two attached hydrogens (primary N) is 1. The Hall–Kier alpha value is -1.33. The van der Waals surface area contributed by atoms with Gasteiger partial charge in [0.15, 0.2) is 0 Å². The van der Waals surface area contributed by atoms with Gasteiger partial charge in [0.25, 0.3) is 5.91 Å². The number of aromatic nitrogens is 1. The molecule has 0 spiro atoms. The van der Waals surface area contributed by atoms with Gasteiger partial charge in [-0.1, -0.05) is 38.3 Å². The maximum atomic E-state index is 12.4. The van der Waals surface area contributed by atoms with Crippen LogP contribution in [0.5, 0.6) is 0 Å². The highest BCUT2D eigenvalue weighted by Crippen LogP contribution is 2.35. The van der Waals surface area contributed by atoms with Crippen LogP contribution in [-0.4, -0.2) is 16.9 Å². The molecule has 1 aliphatic carbocycles. The fourth-order valence-electron chi connectivity index (χ4n) is 2.71. The SMILES string of the molecule is CC1(C)CCCCC1NC(=O)c1cc(Cl)nc(NN)c1. The number of nitrogens with one attached hydrogen (secondary N) is 2. The molecule has 1 aliphatic rings. The maximum absolute atomic E-state index is 12.4. The Kier molecular flexibility index (Phi) is 4.50. The molecular weight excluding hydrogens is 276 g/mol. The number of nitrogens with zero attached hydrogens (tertiary/aromatic N) is 1. The van der Waals surface area contributed by atoms with Crippen LogP contribution in [0.1, 0.15) is 49.9 Å². The van der Waals surface area contributed by atoms with Gasteiger partial charge in [0.05, 0.1) is 0 Å². The van der Waals surface area contributed by atoms with Crippen LogP contribution in [0.3, 0.4) is 0 Å². The molecule has 1 atom stereocenters. The van der Waals surface area contributed by atoms with Crippen molar-refractivity contribution < 1.29 is 4.79 Å². The predicted octanol–water partition coefficient (Wildman–Crippen LogP) is 2.72. The number of nitrogen functional groups attached to an aromatic ring is 1. The third kappa shape index (κ3) is 3.41. The first kappa shape index (κ1) is 15.1. The standard InChI is InChI=1S/C14H21ClN4O/c1-14(2)6-4-3-5-10(14)17-13(20)9-7-11(15)18-12(8-9)19-16/h7-8,10H,3-6,16H2,1-2H3,(H,17,20)(H,18,19). The van der Waals surface area contributed by atoms with E-state index in [4.69, 9.17) is 17.4 Å². The second kappa shape index (κ2) is 5.97. The van der Waals surface area contributed by atoms with Crippen molar-refractivity contribution in [1.29, 1.82) is 0 Å². The molecule has 1 saturated carbocycles. The van der Waals surface area contributed by atoms with Crippen molar-refractivity contribution in [2.75, 3.05) is 5.43 Å². The van der Waals surface area contributed by atoms with Crippen LogP contribution in [0.2, 0.25) is 5.15 Å². The lowest BCUT2D eigenvalue weighted by molar-refractivity contribution is 0.0853. The molecule has 1 aromatic heterocycles. The zero-order chi connectivity index (χ0) is 14.8. The molecule has 0 saturated heterocycles. The number of pyridine rings is 1. The summed E-state index contributed by atoms with van der Waals surface area (Å²) in [6.45, 7) is 4.40. The molecule has 4 N–H and O–H groups in total. The van der Waals surface area contributed by atoms with Crippen LogP contribution >= 0.6 is 11.6 Å². The molecule has 2 rings (SSSR count). The van der Waals surface area contributed by atoms with Gasteiger partial charge in [0.1, 0.15) is 11.0 Å². The smallest absolute Gasteiger partial charge is 0.251 e. The number of halogens is 1. The number of hydrogen-bond donors (Lipinski definition) is 3. The van der Waals surface area contributed by atoms with Crippen molar-refractivity contribution in [3.63, 3.8) is 0 Å². The first-order valence-electron chi connectivity index (χ1n) is 6.87. The Bertz CT molecular complexity index is 504. The van der Waals surface area contributed by atoms with E-state index in [0.717, 1.165) is 19.3 Å². The monoisotopic (exact) mass is 296 g/mol. The Balaban J connectivity index is 2.13. The van der Waals surface area contributed by atoms with E-state index >= 15 is 0 Å². The average molecular weight is 297 g/mol. The van der Waals surface area contributed by atoms with Crippen LogP contribution in [0.25, 0.3) is 0 Å². The zero-order valence-corrected chi connectivity index (χ0v) is 12.6. The van der Waals surface area contributed by atoms with Gasteiger partial charge < -0.3 is 10.7 Å². The van der Waals surface area contributed by atoms with E-state index in [0.29, 0.717) is 11.4 Å². The Labute approximate surface area is 124 Å². The summed E-state index contributed by atoms with van der Waals surface area (Å²) >= 11 is 5.88. The Morgan fingerprint density at radius 2 is 2.20 bits per heavy atom. The summed E-state index contributed by atoms with van der Waals surface area (Å²) in [6.07, 6.45) is 4.52. The van der Waals surface area contributed by atoms with Crippen LogP contribution < -0.4 is 16.6 Å². The van der Waals surface area contributed by atoms with Gasteiger partial charge in [-0.2, -0.15) is 0 Å². The highest BCUT2D eigenvalue weighted by Gasteiger charge is 2.33. The molecule has 110 valence electrons. The minimum Gasteiger partial charge on any atom is -0.349 e. The summed E-state index contributed by atoms with van der Waals surface area (Å²) < 4.78 is 0. The third-order valence-corrected chi connectivity index (χ3v) is 4.21. The number of hydrazine groups is 1. The minimum atomic E-state index is -0.134. The van der Waals surface area contributed by atoms with Gasteiger partial charge in [-0.15, -0.1) is 0 Å². The first-order valence-corrected chi connectivity index (χ1v) is 7.25. The van der Waals surface area contributed by atoms with Gasteiger partial charge in [0.2, 0.25) is 0 Å². The quantitative estimate of drug-likeness (QED) is 0.455. The topological polar surface area (TPSA) is 80.0 Å². The fourth-order valence-corrected chi connectivity index (χ4v) is 2.91. The lowest BCUT2D eigenvalue weighted by Gasteiger charge is -2.39. The highest BCUT2D eigenvalue weighted by atomic mass is 35.5. The zero-order valence-electron chi connectivity index (χ0n) is 11.9. The van der Waals surface area contributed by atoms with Gasteiger partial charge in [-0.3, -0.25) is 4.79 Å². The second-order valence-corrected chi connectivity index (χ2v) is 6.36. The first-order chi connectivity index (χ1) is 9.42. The molecule has 1 aromatic rings. The van der Waals surface area contributed by atoms with E-state index in [1.54, 1.807) is 12.1 Å². The fraction of sp³-hybridized carbons (Fsp3) is 0.571. The molecule has 5 nitrogen and oxygen atoms in total. The molecule has 1 amide bonds. The molecule has 0 radical (unpaired) electrons.